The van der Waals surface area contributed by atoms with Crippen molar-refractivity contribution in [2.24, 2.45) is 0 Å². The minimum Gasteiger partial charge on any atom is -0.490 e. The molecule has 0 fully saturated rings. The zero-order valence-corrected chi connectivity index (χ0v) is 7.32. The van der Waals surface area contributed by atoms with Gasteiger partial charge in [0.2, 0.25) is 5.89 Å². The lowest BCUT2D eigenvalue weighted by molar-refractivity contribution is 0.449. The van der Waals surface area contributed by atoms with E-state index in [0.717, 1.165) is 5.56 Å². The number of halogens is 1. The highest BCUT2D eigenvalue weighted by molar-refractivity contribution is 6.30. The molecule has 1 N–H and O–H groups in total. The molecule has 2 rings (SSSR count). The molecule has 0 aliphatic heterocycles. The average molecular weight is 196 g/mol. The molecule has 1 aromatic heterocycles. The number of aromatic hydroxyl groups is 1. The Hall–Kier alpha value is -1.48. The second-order valence-corrected chi connectivity index (χ2v) is 2.83. The quantitative estimate of drug-likeness (QED) is 0.761. The Morgan fingerprint density at radius 2 is 1.92 bits per heavy atom. The standard InChI is InChI=1S/C9H6ClNO2/c10-7-8(12)11-9(13-7)6-4-2-1-3-5-6/h1-5,12H. The fourth-order valence-electron chi connectivity index (χ4n) is 0.998. The number of oxazole rings is 1. The molecular formula is C9H6ClNO2. The zero-order chi connectivity index (χ0) is 9.26. The first-order chi connectivity index (χ1) is 6.27. The van der Waals surface area contributed by atoms with Gasteiger partial charge in [0.25, 0.3) is 11.1 Å². The van der Waals surface area contributed by atoms with Crippen molar-refractivity contribution in [3.63, 3.8) is 0 Å². The second kappa shape index (κ2) is 3.11. The number of hydrogen-bond donors (Lipinski definition) is 1. The van der Waals surface area contributed by atoms with E-state index >= 15 is 0 Å². The van der Waals surface area contributed by atoms with Crippen molar-refractivity contribution in [3.8, 4) is 17.3 Å². The summed E-state index contributed by atoms with van der Waals surface area (Å²) in [5.74, 6) is 0.0450. The monoisotopic (exact) mass is 195 g/mol. The van der Waals surface area contributed by atoms with Gasteiger partial charge < -0.3 is 9.52 Å². The lowest BCUT2D eigenvalue weighted by atomic mass is 10.2. The van der Waals surface area contributed by atoms with Gasteiger partial charge in [-0.2, -0.15) is 4.98 Å². The summed E-state index contributed by atoms with van der Waals surface area (Å²) in [6.07, 6.45) is 0. The number of nitrogens with zero attached hydrogens (tertiary/aromatic N) is 1. The summed E-state index contributed by atoms with van der Waals surface area (Å²) in [4.78, 5) is 3.74. The van der Waals surface area contributed by atoms with Crippen LogP contribution < -0.4 is 0 Å². The smallest absolute Gasteiger partial charge is 0.271 e. The Morgan fingerprint density at radius 1 is 1.23 bits per heavy atom. The van der Waals surface area contributed by atoms with E-state index in [1.165, 1.54) is 0 Å². The summed E-state index contributed by atoms with van der Waals surface area (Å²) in [6.45, 7) is 0. The van der Waals surface area contributed by atoms with Crippen molar-refractivity contribution in [1.82, 2.24) is 4.98 Å². The van der Waals surface area contributed by atoms with Crippen molar-refractivity contribution >= 4 is 11.6 Å². The maximum absolute atomic E-state index is 9.06. The zero-order valence-electron chi connectivity index (χ0n) is 6.57. The van der Waals surface area contributed by atoms with Gasteiger partial charge in [0, 0.05) is 5.56 Å². The number of aromatic nitrogens is 1. The van der Waals surface area contributed by atoms with Gasteiger partial charge >= 0.3 is 0 Å². The van der Waals surface area contributed by atoms with E-state index in [2.05, 4.69) is 4.98 Å². The molecule has 2 aromatic rings. The number of hydrogen-bond acceptors (Lipinski definition) is 3. The molecule has 13 heavy (non-hydrogen) atoms. The Balaban J connectivity index is 2.48. The highest BCUT2D eigenvalue weighted by Gasteiger charge is 2.10. The average Bonchev–Trinajstić information content (AvgIpc) is 2.49. The van der Waals surface area contributed by atoms with Gasteiger partial charge in [-0.3, -0.25) is 0 Å². The Kier molecular flexibility index (Phi) is 1.94. The van der Waals surface area contributed by atoms with E-state index in [1.807, 2.05) is 30.3 Å². The van der Waals surface area contributed by atoms with E-state index in [4.69, 9.17) is 21.1 Å². The first kappa shape index (κ1) is 8.13. The molecule has 0 radical (unpaired) electrons. The lowest BCUT2D eigenvalue weighted by Gasteiger charge is -1.91. The van der Waals surface area contributed by atoms with Gasteiger partial charge in [-0.05, 0) is 23.7 Å². The van der Waals surface area contributed by atoms with E-state index in [9.17, 15) is 0 Å². The molecule has 0 aliphatic carbocycles. The van der Waals surface area contributed by atoms with Crippen LogP contribution in [0.2, 0.25) is 5.22 Å². The highest BCUT2D eigenvalue weighted by Crippen LogP contribution is 2.28. The van der Waals surface area contributed by atoms with Crippen molar-refractivity contribution in [3.05, 3.63) is 35.6 Å². The summed E-state index contributed by atoms with van der Waals surface area (Å²) in [6, 6.07) is 9.23. The third-order valence-corrected chi connectivity index (χ3v) is 1.84. The van der Waals surface area contributed by atoms with Gasteiger partial charge in [-0.25, -0.2) is 0 Å². The van der Waals surface area contributed by atoms with Crippen LogP contribution in [0.3, 0.4) is 0 Å². The molecule has 0 aliphatic rings. The second-order valence-electron chi connectivity index (χ2n) is 2.48. The molecule has 0 spiro atoms. The maximum atomic E-state index is 9.06. The molecule has 3 nitrogen and oxygen atoms in total. The van der Waals surface area contributed by atoms with Crippen LogP contribution in [0.4, 0.5) is 0 Å². The first-order valence-electron chi connectivity index (χ1n) is 3.68. The summed E-state index contributed by atoms with van der Waals surface area (Å²) in [5.41, 5.74) is 0.782. The SMILES string of the molecule is Oc1nc(-c2ccccc2)oc1Cl. The highest BCUT2D eigenvalue weighted by atomic mass is 35.5. The summed E-state index contributed by atoms with van der Waals surface area (Å²) in [7, 11) is 0. The fourth-order valence-corrected chi connectivity index (χ4v) is 1.11. The van der Waals surface area contributed by atoms with Crippen LogP contribution in [0.1, 0.15) is 0 Å². The first-order valence-corrected chi connectivity index (χ1v) is 4.06. The van der Waals surface area contributed by atoms with Gasteiger partial charge in [0.1, 0.15) is 0 Å². The summed E-state index contributed by atoms with van der Waals surface area (Å²) in [5, 5.41) is 8.98. The van der Waals surface area contributed by atoms with Gasteiger partial charge in [0.05, 0.1) is 0 Å². The van der Waals surface area contributed by atoms with E-state index in [0.29, 0.717) is 5.89 Å². The predicted octanol–water partition coefficient (Wildman–Crippen LogP) is 2.70. The minimum atomic E-state index is -0.277. The molecular weight excluding hydrogens is 190 g/mol. The van der Waals surface area contributed by atoms with Crippen molar-refractivity contribution < 1.29 is 9.52 Å². The normalized spacial score (nSPS) is 10.2. The third kappa shape index (κ3) is 1.51. The summed E-state index contributed by atoms with van der Waals surface area (Å²) < 4.78 is 5.00. The van der Waals surface area contributed by atoms with E-state index < -0.39 is 0 Å². The fraction of sp³-hybridized carbons (Fsp3) is 0. The van der Waals surface area contributed by atoms with Crippen molar-refractivity contribution in [1.29, 1.82) is 0 Å². The molecule has 0 unspecified atom stereocenters. The largest absolute Gasteiger partial charge is 0.490 e. The van der Waals surface area contributed by atoms with Crippen LogP contribution in [0.5, 0.6) is 5.88 Å². The van der Waals surface area contributed by atoms with Gasteiger partial charge in [0.15, 0.2) is 0 Å². The molecule has 0 saturated carbocycles. The van der Waals surface area contributed by atoms with Crippen molar-refractivity contribution in [2.75, 3.05) is 0 Å². The van der Waals surface area contributed by atoms with Crippen LogP contribution in [-0.4, -0.2) is 10.1 Å². The molecule has 0 amide bonds. The molecule has 0 saturated heterocycles. The third-order valence-electron chi connectivity index (χ3n) is 1.59. The molecule has 4 heteroatoms. The molecule has 0 atom stereocenters. The molecule has 66 valence electrons. The molecule has 0 bridgehead atoms. The van der Waals surface area contributed by atoms with E-state index in [1.54, 1.807) is 0 Å². The van der Waals surface area contributed by atoms with Crippen LogP contribution >= 0.6 is 11.6 Å². The van der Waals surface area contributed by atoms with Crippen LogP contribution in [0.25, 0.3) is 11.5 Å². The number of benzene rings is 1. The summed E-state index contributed by atoms with van der Waals surface area (Å²) >= 11 is 5.50. The topological polar surface area (TPSA) is 46.3 Å². The predicted molar refractivity (Wildman–Crippen MR) is 48.6 cm³/mol. The molecule has 1 aromatic carbocycles. The molecule has 1 heterocycles. The van der Waals surface area contributed by atoms with Crippen LogP contribution in [0, 0.1) is 0 Å². The van der Waals surface area contributed by atoms with Crippen molar-refractivity contribution in [2.45, 2.75) is 0 Å². The van der Waals surface area contributed by atoms with Gasteiger partial charge in [-0.1, -0.05) is 18.2 Å². The maximum Gasteiger partial charge on any atom is 0.271 e. The Bertz CT molecular complexity index is 391. The Morgan fingerprint density at radius 3 is 2.46 bits per heavy atom. The van der Waals surface area contributed by atoms with Gasteiger partial charge in [-0.15, -0.1) is 0 Å². The van der Waals surface area contributed by atoms with Crippen LogP contribution in [-0.2, 0) is 0 Å². The Labute approximate surface area is 79.6 Å². The van der Waals surface area contributed by atoms with Crippen LogP contribution in [0.15, 0.2) is 34.7 Å². The number of rotatable bonds is 1. The lowest BCUT2D eigenvalue weighted by Crippen LogP contribution is -1.74. The minimum absolute atomic E-state index is 0.0844. The van der Waals surface area contributed by atoms with E-state index in [-0.39, 0.29) is 11.1 Å².